The summed E-state index contributed by atoms with van der Waals surface area (Å²) in [6.07, 6.45) is -0.417. The van der Waals surface area contributed by atoms with Gasteiger partial charge in [-0.3, -0.25) is 14.9 Å². The standard InChI is InChI=1S/C13H16N2O5/c1-3-19-10-6-4-5-9(7-16)11(10)20-8(2)12(17)15-13(14)18/h4-8H,3H2,1-2H3,(H3,14,15,17,18). The number of benzene rings is 1. The van der Waals surface area contributed by atoms with Gasteiger partial charge < -0.3 is 15.2 Å². The van der Waals surface area contributed by atoms with Gasteiger partial charge in [-0.2, -0.15) is 0 Å². The summed E-state index contributed by atoms with van der Waals surface area (Å²) < 4.78 is 10.7. The molecule has 0 heterocycles. The molecule has 3 amide bonds. The third kappa shape index (κ3) is 3.98. The second kappa shape index (κ2) is 7.13. The lowest BCUT2D eigenvalue weighted by molar-refractivity contribution is -0.126. The van der Waals surface area contributed by atoms with Crippen molar-refractivity contribution in [3.63, 3.8) is 0 Å². The lowest BCUT2D eigenvalue weighted by Gasteiger charge is -2.17. The van der Waals surface area contributed by atoms with Crippen LogP contribution in [0.15, 0.2) is 18.2 Å². The molecule has 0 aliphatic carbocycles. The molecule has 1 unspecified atom stereocenters. The molecule has 1 aromatic rings. The number of nitrogens with two attached hydrogens (primary N) is 1. The second-order valence-corrected chi connectivity index (χ2v) is 3.84. The van der Waals surface area contributed by atoms with Gasteiger partial charge in [-0.25, -0.2) is 4.79 Å². The normalized spacial score (nSPS) is 11.3. The summed E-state index contributed by atoms with van der Waals surface area (Å²) in [7, 11) is 0. The average Bonchev–Trinajstić information content (AvgIpc) is 2.40. The number of amides is 3. The van der Waals surface area contributed by atoms with Crippen molar-refractivity contribution in [2.24, 2.45) is 5.73 Å². The van der Waals surface area contributed by atoms with Crippen LogP contribution in [0.5, 0.6) is 11.5 Å². The Kier molecular flexibility index (Phi) is 5.52. The molecular formula is C13H16N2O5. The Hall–Kier alpha value is -2.57. The summed E-state index contributed by atoms with van der Waals surface area (Å²) >= 11 is 0. The fraction of sp³-hybridized carbons (Fsp3) is 0.308. The van der Waals surface area contributed by atoms with Crippen molar-refractivity contribution in [2.75, 3.05) is 6.61 Å². The number of carbonyl (C=O) groups excluding carboxylic acids is 3. The molecule has 1 aromatic carbocycles. The fourth-order valence-corrected chi connectivity index (χ4v) is 1.47. The highest BCUT2D eigenvalue weighted by molar-refractivity contribution is 5.96. The number of carbonyl (C=O) groups is 3. The van der Waals surface area contributed by atoms with Crippen LogP contribution < -0.4 is 20.5 Å². The maximum Gasteiger partial charge on any atom is 0.318 e. The van der Waals surface area contributed by atoms with Crippen LogP contribution in [0.25, 0.3) is 0 Å². The number of ether oxygens (including phenoxy) is 2. The number of hydrogen-bond acceptors (Lipinski definition) is 5. The van der Waals surface area contributed by atoms with Gasteiger partial charge in [0.2, 0.25) is 0 Å². The third-order valence-electron chi connectivity index (χ3n) is 2.35. The van der Waals surface area contributed by atoms with Gasteiger partial charge in [-0.05, 0) is 26.0 Å². The largest absolute Gasteiger partial charge is 0.490 e. The molecule has 0 fully saturated rings. The minimum absolute atomic E-state index is 0.150. The maximum absolute atomic E-state index is 11.6. The SMILES string of the molecule is CCOc1cccc(C=O)c1OC(C)C(=O)NC(N)=O. The molecule has 0 spiro atoms. The number of urea groups is 1. The molecule has 3 N–H and O–H groups in total. The third-order valence-corrected chi connectivity index (χ3v) is 2.35. The molecule has 0 aliphatic heterocycles. The monoisotopic (exact) mass is 280 g/mol. The Morgan fingerprint density at radius 2 is 2.15 bits per heavy atom. The van der Waals surface area contributed by atoms with Crippen molar-refractivity contribution in [1.29, 1.82) is 0 Å². The van der Waals surface area contributed by atoms with Crippen molar-refractivity contribution >= 4 is 18.2 Å². The van der Waals surface area contributed by atoms with Gasteiger partial charge in [0, 0.05) is 0 Å². The first-order valence-electron chi connectivity index (χ1n) is 5.97. The number of imide groups is 1. The molecule has 0 radical (unpaired) electrons. The van der Waals surface area contributed by atoms with E-state index in [2.05, 4.69) is 0 Å². The van der Waals surface area contributed by atoms with Crippen molar-refractivity contribution in [1.82, 2.24) is 5.32 Å². The summed E-state index contributed by atoms with van der Waals surface area (Å²) in [5.74, 6) is -0.215. The van der Waals surface area contributed by atoms with Crippen LogP contribution in [-0.4, -0.2) is 30.9 Å². The minimum atomic E-state index is -1.01. The highest BCUT2D eigenvalue weighted by atomic mass is 16.5. The summed E-state index contributed by atoms with van der Waals surface area (Å²) in [4.78, 5) is 33.2. The summed E-state index contributed by atoms with van der Waals surface area (Å²) in [5, 5.41) is 1.90. The van der Waals surface area contributed by atoms with Crippen LogP contribution in [0.2, 0.25) is 0 Å². The number of rotatable bonds is 6. The van der Waals surface area contributed by atoms with E-state index < -0.39 is 18.0 Å². The first-order chi connectivity index (χ1) is 9.49. The van der Waals surface area contributed by atoms with Crippen LogP contribution in [0.3, 0.4) is 0 Å². The Labute approximate surface area is 116 Å². The van der Waals surface area contributed by atoms with Gasteiger partial charge in [0.1, 0.15) is 0 Å². The van der Waals surface area contributed by atoms with Gasteiger partial charge in [-0.15, -0.1) is 0 Å². The lowest BCUT2D eigenvalue weighted by atomic mass is 10.2. The lowest BCUT2D eigenvalue weighted by Crippen LogP contribution is -2.42. The number of primary amides is 1. The van der Waals surface area contributed by atoms with E-state index in [-0.39, 0.29) is 11.3 Å². The molecular weight excluding hydrogens is 264 g/mol. The van der Waals surface area contributed by atoms with E-state index in [9.17, 15) is 14.4 Å². The van der Waals surface area contributed by atoms with E-state index >= 15 is 0 Å². The quantitative estimate of drug-likeness (QED) is 0.751. The number of aldehydes is 1. The average molecular weight is 280 g/mol. The van der Waals surface area contributed by atoms with Gasteiger partial charge in [0.05, 0.1) is 12.2 Å². The van der Waals surface area contributed by atoms with Gasteiger partial charge in [-0.1, -0.05) is 6.07 Å². The molecule has 7 heteroatoms. The molecule has 0 aromatic heterocycles. The van der Waals surface area contributed by atoms with E-state index in [1.54, 1.807) is 19.1 Å². The van der Waals surface area contributed by atoms with E-state index in [1.807, 2.05) is 5.32 Å². The predicted octanol–water partition coefficient (Wildman–Crippen LogP) is 0.860. The van der Waals surface area contributed by atoms with Crippen molar-refractivity contribution in [3.8, 4) is 11.5 Å². The highest BCUT2D eigenvalue weighted by Gasteiger charge is 2.20. The van der Waals surface area contributed by atoms with Crippen LogP contribution in [0.1, 0.15) is 24.2 Å². The molecule has 0 aliphatic rings. The van der Waals surface area contributed by atoms with Gasteiger partial charge in [0.25, 0.3) is 5.91 Å². The molecule has 20 heavy (non-hydrogen) atoms. The Morgan fingerprint density at radius 3 is 2.70 bits per heavy atom. The zero-order chi connectivity index (χ0) is 15.1. The van der Waals surface area contributed by atoms with Crippen LogP contribution >= 0.6 is 0 Å². The topological polar surface area (TPSA) is 108 Å². The zero-order valence-corrected chi connectivity index (χ0v) is 11.2. The van der Waals surface area contributed by atoms with Gasteiger partial charge in [0.15, 0.2) is 23.9 Å². The minimum Gasteiger partial charge on any atom is -0.490 e. The smallest absolute Gasteiger partial charge is 0.318 e. The molecule has 0 saturated heterocycles. The molecule has 1 atom stereocenters. The molecule has 108 valence electrons. The van der Waals surface area contributed by atoms with E-state index in [0.29, 0.717) is 18.6 Å². The zero-order valence-electron chi connectivity index (χ0n) is 11.2. The number of hydrogen-bond donors (Lipinski definition) is 2. The van der Waals surface area contributed by atoms with Gasteiger partial charge >= 0.3 is 6.03 Å². The summed E-state index contributed by atoms with van der Waals surface area (Å²) in [6.45, 7) is 3.58. The molecule has 1 rings (SSSR count). The molecule has 0 bridgehead atoms. The summed E-state index contributed by atoms with van der Waals surface area (Å²) in [5.41, 5.74) is 5.10. The molecule has 0 saturated carbocycles. The Balaban J connectivity index is 2.97. The second-order valence-electron chi connectivity index (χ2n) is 3.84. The van der Waals surface area contributed by atoms with Crippen LogP contribution in [0.4, 0.5) is 4.79 Å². The number of para-hydroxylation sites is 1. The maximum atomic E-state index is 11.6. The summed E-state index contributed by atoms with van der Waals surface area (Å²) in [6, 6.07) is 3.81. The highest BCUT2D eigenvalue weighted by Crippen LogP contribution is 2.31. The molecule has 7 nitrogen and oxygen atoms in total. The number of nitrogens with one attached hydrogen (secondary N) is 1. The Bertz CT molecular complexity index is 515. The van der Waals surface area contributed by atoms with E-state index in [4.69, 9.17) is 15.2 Å². The predicted molar refractivity (Wildman–Crippen MR) is 70.8 cm³/mol. The van der Waals surface area contributed by atoms with Crippen molar-refractivity contribution in [2.45, 2.75) is 20.0 Å². The van der Waals surface area contributed by atoms with Crippen molar-refractivity contribution in [3.05, 3.63) is 23.8 Å². The first-order valence-corrected chi connectivity index (χ1v) is 5.97. The van der Waals surface area contributed by atoms with E-state index in [1.165, 1.54) is 13.0 Å². The Morgan fingerprint density at radius 1 is 1.45 bits per heavy atom. The van der Waals surface area contributed by atoms with Crippen LogP contribution in [-0.2, 0) is 4.79 Å². The van der Waals surface area contributed by atoms with Crippen LogP contribution in [0, 0.1) is 0 Å². The first kappa shape index (κ1) is 15.5. The van der Waals surface area contributed by atoms with Crippen molar-refractivity contribution < 1.29 is 23.9 Å². The fourth-order valence-electron chi connectivity index (χ4n) is 1.47. The van der Waals surface area contributed by atoms with E-state index in [0.717, 1.165) is 0 Å².